The van der Waals surface area contributed by atoms with Gasteiger partial charge in [-0.1, -0.05) is 0 Å². The summed E-state index contributed by atoms with van der Waals surface area (Å²) in [7, 11) is 1.74. The number of nitro groups is 1. The molecule has 2 aromatic rings. The summed E-state index contributed by atoms with van der Waals surface area (Å²) in [5.41, 5.74) is 1.47. The van der Waals surface area contributed by atoms with E-state index in [9.17, 15) is 14.9 Å². The molecule has 20 heavy (non-hydrogen) atoms. The molecule has 0 aliphatic heterocycles. The van der Waals surface area contributed by atoms with Gasteiger partial charge in [0.2, 0.25) is 0 Å². The SMILES string of the molecule is CNc1ccnc(C(=O)Nc2ccc([N+](=O)[O-])cc2)c1. The van der Waals surface area contributed by atoms with Gasteiger partial charge in [-0.2, -0.15) is 0 Å². The Morgan fingerprint density at radius 2 is 1.90 bits per heavy atom. The second-order valence-corrected chi connectivity index (χ2v) is 3.94. The summed E-state index contributed by atoms with van der Waals surface area (Å²) in [6.07, 6.45) is 1.52. The highest BCUT2D eigenvalue weighted by Crippen LogP contribution is 2.16. The highest BCUT2D eigenvalue weighted by molar-refractivity contribution is 6.03. The van der Waals surface area contributed by atoms with Crippen LogP contribution in [0.4, 0.5) is 17.1 Å². The summed E-state index contributed by atoms with van der Waals surface area (Å²) in [6, 6.07) is 8.94. The van der Waals surface area contributed by atoms with Crippen LogP contribution in [0, 0.1) is 10.1 Å². The van der Waals surface area contributed by atoms with Gasteiger partial charge in [-0.25, -0.2) is 0 Å². The van der Waals surface area contributed by atoms with E-state index in [-0.39, 0.29) is 17.3 Å². The summed E-state index contributed by atoms with van der Waals surface area (Å²) in [6.45, 7) is 0. The Labute approximate surface area is 114 Å². The lowest BCUT2D eigenvalue weighted by Gasteiger charge is -2.06. The minimum atomic E-state index is -0.496. The van der Waals surface area contributed by atoms with Crippen LogP contribution in [-0.4, -0.2) is 22.9 Å². The molecule has 7 heteroatoms. The number of amides is 1. The van der Waals surface area contributed by atoms with Crippen molar-refractivity contribution in [3.63, 3.8) is 0 Å². The van der Waals surface area contributed by atoms with Gasteiger partial charge in [0.05, 0.1) is 4.92 Å². The van der Waals surface area contributed by atoms with Crippen LogP contribution < -0.4 is 10.6 Å². The third-order valence-electron chi connectivity index (χ3n) is 2.62. The fourth-order valence-corrected chi connectivity index (χ4v) is 1.57. The summed E-state index contributed by atoms with van der Waals surface area (Å²) in [5, 5.41) is 16.1. The van der Waals surface area contributed by atoms with E-state index in [0.29, 0.717) is 5.69 Å². The predicted molar refractivity (Wildman–Crippen MR) is 74.8 cm³/mol. The van der Waals surface area contributed by atoms with E-state index in [1.807, 2.05) is 0 Å². The number of nitrogens with one attached hydrogen (secondary N) is 2. The van der Waals surface area contributed by atoms with Gasteiger partial charge in [-0.3, -0.25) is 19.9 Å². The number of non-ortho nitro benzene ring substituents is 1. The van der Waals surface area contributed by atoms with Gasteiger partial charge < -0.3 is 10.6 Å². The molecule has 0 spiro atoms. The first kappa shape index (κ1) is 13.5. The third-order valence-corrected chi connectivity index (χ3v) is 2.62. The van der Waals surface area contributed by atoms with Gasteiger partial charge in [-0.15, -0.1) is 0 Å². The number of carbonyl (C=O) groups excluding carboxylic acids is 1. The van der Waals surface area contributed by atoms with E-state index in [2.05, 4.69) is 15.6 Å². The average Bonchev–Trinajstić information content (AvgIpc) is 2.47. The van der Waals surface area contributed by atoms with Crippen LogP contribution in [0.25, 0.3) is 0 Å². The smallest absolute Gasteiger partial charge is 0.274 e. The molecule has 0 atom stereocenters. The molecule has 7 nitrogen and oxygen atoms in total. The van der Waals surface area contributed by atoms with E-state index in [1.54, 1.807) is 19.2 Å². The topological polar surface area (TPSA) is 97.2 Å². The fraction of sp³-hybridized carbons (Fsp3) is 0.0769. The number of rotatable bonds is 4. The van der Waals surface area contributed by atoms with E-state index in [0.717, 1.165) is 5.69 Å². The van der Waals surface area contributed by atoms with Crippen LogP contribution in [-0.2, 0) is 0 Å². The Hall–Kier alpha value is -2.96. The van der Waals surface area contributed by atoms with E-state index < -0.39 is 4.92 Å². The van der Waals surface area contributed by atoms with Crippen molar-refractivity contribution in [1.29, 1.82) is 0 Å². The second kappa shape index (κ2) is 5.79. The minimum absolute atomic E-state index is 0.0293. The van der Waals surface area contributed by atoms with Gasteiger partial charge in [0.25, 0.3) is 11.6 Å². The molecular formula is C13H12N4O3. The molecular weight excluding hydrogens is 260 g/mol. The molecule has 0 fully saturated rings. The zero-order valence-corrected chi connectivity index (χ0v) is 10.7. The van der Waals surface area contributed by atoms with E-state index in [1.165, 1.54) is 30.5 Å². The number of pyridine rings is 1. The third kappa shape index (κ3) is 3.08. The molecule has 2 N–H and O–H groups in total. The lowest BCUT2D eigenvalue weighted by molar-refractivity contribution is -0.384. The van der Waals surface area contributed by atoms with E-state index in [4.69, 9.17) is 0 Å². The zero-order valence-electron chi connectivity index (χ0n) is 10.7. The Morgan fingerprint density at radius 1 is 1.20 bits per heavy atom. The molecule has 0 saturated heterocycles. The number of nitro benzene ring substituents is 1. The Balaban J connectivity index is 2.12. The molecule has 2 rings (SSSR count). The monoisotopic (exact) mass is 272 g/mol. The van der Waals surface area contributed by atoms with Crippen molar-refractivity contribution in [2.75, 3.05) is 17.7 Å². The van der Waals surface area contributed by atoms with Crippen molar-refractivity contribution in [2.45, 2.75) is 0 Å². The number of benzene rings is 1. The normalized spacial score (nSPS) is 9.85. The molecule has 1 aromatic carbocycles. The van der Waals surface area contributed by atoms with Crippen LogP contribution >= 0.6 is 0 Å². The maximum Gasteiger partial charge on any atom is 0.274 e. The van der Waals surface area contributed by atoms with Crippen LogP contribution in [0.3, 0.4) is 0 Å². The molecule has 0 bridgehead atoms. The molecule has 1 aromatic heterocycles. The van der Waals surface area contributed by atoms with Gasteiger partial charge in [0, 0.05) is 36.8 Å². The Morgan fingerprint density at radius 3 is 2.50 bits per heavy atom. The maximum absolute atomic E-state index is 12.0. The Kier molecular flexibility index (Phi) is 3.90. The number of carbonyl (C=O) groups is 1. The first-order chi connectivity index (χ1) is 9.60. The first-order valence-corrected chi connectivity index (χ1v) is 5.80. The summed E-state index contributed by atoms with van der Waals surface area (Å²) in [5.74, 6) is -0.379. The van der Waals surface area contributed by atoms with Gasteiger partial charge in [0.1, 0.15) is 5.69 Å². The lowest BCUT2D eigenvalue weighted by Crippen LogP contribution is -2.13. The predicted octanol–water partition coefficient (Wildman–Crippen LogP) is 2.28. The fourth-order valence-electron chi connectivity index (χ4n) is 1.57. The Bertz CT molecular complexity index is 640. The van der Waals surface area contributed by atoms with Gasteiger partial charge in [-0.05, 0) is 24.3 Å². The second-order valence-electron chi connectivity index (χ2n) is 3.94. The van der Waals surface area contributed by atoms with Crippen molar-refractivity contribution < 1.29 is 9.72 Å². The van der Waals surface area contributed by atoms with Crippen molar-refractivity contribution >= 4 is 23.0 Å². The van der Waals surface area contributed by atoms with Crippen LogP contribution in [0.15, 0.2) is 42.6 Å². The van der Waals surface area contributed by atoms with Gasteiger partial charge in [0.15, 0.2) is 0 Å². The van der Waals surface area contributed by atoms with Crippen molar-refractivity contribution in [3.05, 3.63) is 58.4 Å². The molecule has 1 heterocycles. The summed E-state index contributed by atoms with van der Waals surface area (Å²) >= 11 is 0. The molecule has 0 unspecified atom stereocenters. The first-order valence-electron chi connectivity index (χ1n) is 5.80. The largest absolute Gasteiger partial charge is 0.388 e. The number of hydrogen-bond donors (Lipinski definition) is 2. The number of aromatic nitrogens is 1. The highest BCUT2D eigenvalue weighted by atomic mass is 16.6. The molecule has 0 aliphatic rings. The molecule has 0 aliphatic carbocycles. The highest BCUT2D eigenvalue weighted by Gasteiger charge is 2.09. The average molecular weight is 272 g/mol. The number of hydrogen-bond acceptors (Lipinski definition) is 5. The van der Waals surface area contributed by atoms with Crippen molar-refractivity contribution in [2.24, 2.45) is 0 Å². The van der Waals surface area contributed by atoms with Crippen molar-refractivity contribution in [3.8, 4) is 0 Å². The number of nitrogens with zero attached hydrogens (tertiary/aromatic N) is 2. The quantitative estimate of drug-likeness (QED) is 0.657. The van der Waals surface area contributed by atoms with Crippen LogP contribution in [0.5, 0.6) is 0 Å². The maximum atomic E-state index is 12.0. The standard InChI is InChI=1S/C13H12N4O3/c1-14-10-6-7-15-12(8-10)13(18)16-9-2-4-11(5-3-9)17(19)20/h2-8H,1H3,(H,14,15)(H,16,18). The van der Waals surface area contributed by atoms with Crippen LogP contribution in [0.1, 0.15) is 10.5 Å². The minimum Gasteiger partial charge on any atom is -0.388 e. The molecule has 0 saturated carbocycles. The van der Waals surface area contributed by atoms with Gasteiger partial charge >= 0.3 is 0 Å². The summed E-state index contributed by atoms with van der Waals surface area (Å²) in [4.78, 5) is 26.0. The summed E-state index contributed by atoms with van der Waals surface area (Å²) < 4.78 is 0. The van der Waals surface area contributed by atoms with E-state index >= 15 is 0 Å². The number of anilines is 2. The van der Waals surface area contributed by atoms with Crippen molar-refractivity contribution in [1.82, 2.24) is 4.98 Å². The molecule has 0 radical (unpaired) electrons. The molecule has 102 valence electrons. The zero-order chi connectivity index (χ0) is 14.5. The van der Waals surface area contributed by atoms with Crippen LogP contribution in [0.2, 0.25) is 0 Å². The lowest BCUT2D eigenvalue weighted by atomic mass is 10.2. The molecule has 1 amide bonds.